The van der Waals surface area contributed by atoms with Gasteiger partial charge in [0.2, 0.25) is 0 Å². The van der Waals surface area contributed by atoms with E-state index in [1.54, 1.807) is 60.8 Å². The van der Waals surface area contributed by atoms with E-state index in [0.717, 1.165) is 5.39 Å². The van der Waals surface area contributed by atoms with Gasteiger partial charge in [-0.2, -0.15) is 0 Å². The summed E-state index contributed by atoms with van der Waals surface area (Å²) >= 11 is 0. The predicted octanol–water partition coefficient (Wildman–Crippen LogP) is 4.83. The Bertz CT molecular complexity index is 1190. The highest BCUT2D eigenvalue weighted by Crippen LogP contribution is 2.31. The summed E-state index contributed by atoms with van der Waals surface area (Å²) in [6.45, 7) is 0. The molecule has 0 atom stereocenters. The number of rotatable bonds is 5. The van der Waals surface area contributed by atoms with Gasteiger partial charge in [-0.25, -0.2) is 8.42 Å². The van der Waals surface area contributed by atoms with E-state index in [9.17, 15) is 8.42 Å². The van der Waals surface area contributed by atoms with E-state index in [0.29, 0.717) is 22.7 Å². The van der Waals surface area contributed by atoms with Crippen LogP contribution in [-0.4, -0.2) is 13.4 Å². The number of pyridine rings is 1. The summed E-state index contributed by atoms with van der Waals surface area (Å²) < 4.78 is 34.5. The highest BCUT2D eigenvalue weighted by molar-refractivity contribution is 7.93. The van der Waals surface area contributed by atoms with Crippen LogP contribution in [0.15, 0.2) is 96.0 Å². The number of nitrogens with zero attached hydrogens (tertiary/aromatic N) is 1. The van der Waals surface area contributed by atoms with Crippen LogP contribution in [-0.2, 0) is 10.0 Å². The van der Waals surface area contributed by atoms with Crippen molar-refractivity contribution in [2.75, 3.05) is 4.72 Å². The molecule has 4 rings (SSSR count). The van der Waals surface area contributed by atoms with E-state index >= 15 is 0 Å². The van der Waals surface area contributed by atoms with Crippen LogP contribution in [0.1, 0.15) is 0 Å². The minimum Gasteiger partial charge on any atom is -0.455 e. The van der Waals surface area contributed by atoms with Gasteiger partial charge in [-0.1, -0.05) is 48.5 Å². The minimum absolute atomic E-state index is 0.120. The molecule has 0 aliphatic carbocycles. The maximum absolute atomic E-state index is 13.0. The van der Waals surface area contributed by atoms with Crippen molar-refractivity contribution in [1.29, 1.82) is 0 Å². The first-order valence-corrected chi connectivity index (χ1v) is 9.80. The second-order valence-corrected chi connectivity index (χ2v) is 7.50. The summed E-state index contributed by atoms with van der Waals surface area (Å²) in [6.07, 6.45) is 1.58. The lowest BCUT2D eigenvalue weighted by Crippen LogP contribution is -2.14. The van der Waals surface area contributed by atoms with Crippen LogP contribution in [0.4, 0.5) is 5.69 Å². The van der Waals surface area contributed by atoms with E-state index in [1.807, 2.05) is 30.3 Å². The maximum atomic E-state index is 13.0. The van der Waals surface area contributed by atoms with Crippen molar-refractivity contribution in [1.82, 2.24) is 4.98 Å². The molecule has 1 aromatic heterocycles. The normalized spacial score (nSPS) is 11.3. The quantitative estimate of drug-likeness (QED) is 0.542. The van der Waals surface area contributed by atoms with E-state index < -0.39 is 10.0 Å². The molecule has 27 heavy (non-hydrogen) atoms. The molecule has 0 radical (unpaired) electrons. The Hall–Kier alpha value is -3.38. The molecular formula is C21H16N2O3S. The van der Waals surface area contributed by atoms with Gasteiger partial charge >= 0.3 is 0 Å². The predicted molar refractivity (Wildman–Crippen MR) is 106 cm³/mol. The van der Waals surface area contributed by atoms with Crippen molar-refractivity contribution in [3.8, 4) is 11.5 Å². The van der Waals surface area contributed by atoms with Gasteiger partial charge in [0.25, 0.3) is 10.0 Å². The smallest absolute Gasteiger partial charge is 0.264 e. The molecule has 0 amide bonds. The minimum atomic E-state index is -3.85. The largest absolute Gasteiger partial charge is 0.455 e. The van der Waals surface area contributed by atoms with E-state index in [4.69, 9.17) is 4.74 Å². The molecule has 1 heterocycles. The van der Waals surface area contributed by atoms with Gasteiger partial charge in [-0.3, -0.25) is 9.71 Å². The van der Waals surface area contributed by atoms with Gasteiger partial charge < -0.3 is 4.74 Å². The molecule has 4 aromatic rings. The average molecular weight is 376 g/mol. The third-order valence-electron chi connectivity index (χ3n) is 3.99. The van der Waals surface area contributed by atoms with Crippen molar-refractivity contribution in [3.63, 3.8) is 0 Å². The summed E-state index contributed by atoms with van der Waals surface area (Å²) in [7, 11) is -3.85. The van der Waals surface area contributed by atoms with E-state index in [-0.39, 0.29) is 4.90 Å². The summed E-state index contributed by atoms with van der Waals surface area (Å²) in [5, 5.41) is 0.759. The number of aromatic nitrogens is 1. The molecule has 0 unspecified atom stereocenters. The van der Waals surface area contributed by atoms with Crippen LogP contribution in [0.25, 0.3) is 10.9 Å². The standard InChI is InChI=1S/C21H16N2O3S/c24-27(25,20-14-6-8-16-9-7-15-22-21(16)20)23-18-12-4-5-13-19(18)26-17-10-2-1-3-11-17/h1-15,23H. The number of hydrogen-bond donors (Lipinski definition) is 1. The van der Waals surface area contributed by atoms with Crippen LogP contribution in [0, 0.1) is 0 Å². The molecule has 134 valence electrons. The number of fused-ring (bicyclic) bond motifs is 1. The number of hydrogen-bond acceptors (Lipinski definition) is 4. The van der Waals surface area contributed by atoms with E-state index in [2.05, 4.69) is 9.71 Å². The fourth-order valence-electron chi connectivity index (χ4n) is 2.75. The highest BCUT2D eigenvalue weighted by Gasteiger charge is 2.20. The van der Waals surface area contributed by atoms with Crippen molar-refractivity contribution < 1.29 is 13.2 Å². The van der Waals surface area contributed by atoms with Crippen LogP contribution in [0.2, 0.25) is 0 Å². The molecular weight excluding hydrogens is 360 g/mol. The first-order chi connectivity index (χ1) is 13.1. The Morgan fingerprint density at radius 1 is 0.778 bits per heavy atom. The first-order valence-electron chi connectivity index (χ1n) is 8.32. The highest BCUT2D eigenvalue weighted by atomic mass is 32.2. The van der Waals surface area contributed by atoms with Gasteiger partial charge in [-0.05, 0) is 36.4 Å². The molecule has 0 bridgehead atoms. The number of sulfonamides is 1. The number of nitrogens with one attached hydrogen (secondary N) is 1. The molecule has 0 saturated heterocycles. The molecule has 5 nitrogen and oxygen atoms in total. The lowest BCUT2D eigenvalue weighted by molar-refractivity contribution is 0.485. The van der Waals surface area contributed by atoms with Crippen LogP contribution in [0.5, 0.6) is 11.5 Å². The Morgan fingerprint density at radius 2 is 1.52 bits per heavy atom. The molecule has 0 saturated carbocycles. The molecule has 0 aliphatic rings. The van der Waals surface area contributed by atoms with Crippen molar-refractivity contribution in [2.45, 2.75) is 4.90 Å². The third kappa shape index (κ3) is 3.61. The zero-order valence-corrected chi connectivity index (χ0v) is 15.1. The van der Waals surface area contributed by atoms with Gasteiger partial charge in [0, 0.05) is 11.6 Å². The van der Waals surface area contributed by atoms with Gasteiger partial charge in [-0.15, -0.1) is 0 Å². The lowest BCUT2D eigenvalue weighted by Gasteiger charge is -2.14. The first kappa shape index (κ1) is 17.1. The third-order valence-corrected chi connectivity index (χ3v) is 5.38. The van der Waals surface area contributed by atoms with Crippen molar-refractivity contribution in [2.24, 2.45) is 0 Å². The molecule has 3 aromatic carbocycles. The number of anilines is 1. The number of para-hydroxylation sites is 4. The monoisotopic (exact) mass is 376 g/mol. The molecule has 0 spiro atoms. The molecule has 6 heteroatoms. The summed E-state index contributed by atoms with van der Waals surface area (Å²) in [5.74, 6) is 1.04. The summed E-state index contributed by atoms with van der Waals surface area (Å²) in [6, 6.07) is 24.8. The van der Waals surface area contributed by atoms with Gasteiger partial charge in [0.15, 0.2) is 5.75 Å². The zero-order valence-electron chi connectivity index (χ0n) is 14.2. The number of ether oxygens (including phenoxy) is 1. The SMILES string of the molecule is O=S(=O)(Nc1ccccc1Oc1ccccc1)c1cccc2cccnc12. The van der Waals surface area contributed by atoms with Crippen LogP contribution in [0.3, 0.4) is 0 Å². The topological polar surface area (TPSA) is 68.3 Å². The van der Waals surface area contributed by atoms with Gasteiger partial charge in [0.1, 0.15) is 10.6 Å². The Morgan fingerprint density at radius 3 is 2.37 bits per heavy atom. The van der Waals surface area contributed by atoms with Crippen LogP contribution >= 0.6 is 0 Å². The average Bonchev–Trinajstić information content (AvgIpc) is 2.70. The summed E-state index contributed by atoms with van der Waals surface area (Å²) in [4.78, 5) is 4.35. The van der Waals surface area contributed by atoms with Gasteiger partial charge in [0.05, 0.1) is 11.2 Å². The Labute approximate surface area is 157 Å². The molecule has 0 aliphatic heterocycles. The van der Waals surface area contributed by atoms with Crippen molar-refractivity contribution in [3.05, 3.63) is 91.1 Å². The Balaban J connectivity index is 1.71. The Kier molecular flexibility index (Phi) is 4.48. The molecule has 0 fully saturated rings. The van der Waals surface area contributed by atoms with Crippen molar-refractivity contribution >= 4 is 26.6 Å². The lowest BCUT2D eigenvalue weighted by atomic mass is 10.2. The van der Waals surface area contributed by atoms with Crippen LogP contribution < -0.4 is 9.46 Å². The second kappa shape index (κ2) is 7.09. The summed E-state index contributed by atoms with van der Waals surface area (Å²) in [5.41, 5.74) is 0.781. The zero-order chi connectivity index (χ0) is 18.7. The fraction of sp³-hybridized carbons (Fsp3) is 0. The molecule has 1 N–H and O–H groups in total. The second-order valence-electron chi connectivity index (χ2n) is 5.85. The van der Waals surface area contributed by atoms with E-state index in [1.165, 1.54) is 0 Å². The maximum Gasteiger partial charge on any atom is 0.264 e. The number of benzene rings is 3. The fourth-order valence-corrected chi connectivity index (χ4v) is 4.00.